The summed E-state index contributed by atoms with van der Waals surface area (Å²) in [6.07, 6.45) is 3.41. The number of hydrogen-bond acceptors (Lipinski definition) is 4. The van der Waals surface area contributed by atoms with E-state index in [1.54, 1.807) is 24.3 Å². The van der Waals surface area contributed by atoms with E-state index in [9.17, 15) is 13.8 Å². The number of imide groups is 1. The van der Waals surface area contributed by atoms with Crippen LogP contribution >= 0.6 is 0 Å². The Hall–Kier alpha value is -1.53. The largest absolute Gasteiger partial charge is 0.395 e. The molecule has 1 heterocycles. The van der Waals surface area contributed by atoms with Crippen LogP contribution in [-0.4, -0.2) is 50.7 Å². The Bertz CT molecular complexity index is 538. The number of fused-ring (bicyclic) bond motifs is 1. The van der Waals surface area contributed by atoms with Crippen LogP contribution in [0.5, 0.6) is 0 Å². The Morgan fingerprint density at radius 1 is 0.909 bits per heavy atom. The zero-order valence-electron chi connectivity index (χ0n) is 12.5. The van der Waals surface area contributed by atoms with Gasteiger partial charge in [-0.25, -0.2) is 0 Å². The molecule has 1 atom stereocenters. The molecular formula is C16H21NO4S. The van der Waals surface area contributed by atoms with E-state index in [1.807, 2.05) is 0 Å². The van der Waals surface area contributed by atoms with E-state index < -0.39 is 10.8 Å². The predicted molar refractivity (Wildman–Crippen MR) is 85.2 cm³/mol. The van der Waals surface area contributed by atoms with Gasteiger partial charge in [0.15, 0.2) is 0 Å². The van der Waals surface area contributed by atoms with Gasteiger partial charge in [0.2, 0.25) is 0 Å². The minimum atomic E-state index is -0.935. The second-order valence-corrected chi connectivity index (χ2v) is 6.99. The highest BCUT2D eigenvalue weighted by Gasteiger charge is 2.34. The van der Waals surface area contributed by atoms with Gasteiger partial charge in [-0.1, -0.05) is 25.0 Å². The summed E-state index contributed by atoms with van der Waals surface area (Å²) in [5, 5.41) is 8.66. The fourth-order valence-corrected chi connectivity index (χ4v) is 3.47. The van der Waals surface area contributed by atoms with Gasteiger partial charge in [-0.05, 0) is 25.0 Å². The summed E-state index contributed by atoms with van der Waals surface area (Å²) in [5.41, 5.74) is 0.985. The van der Waals surface area contributed by atoms with E-state index in [0.29, 0.717) is 29.2 Å². The highest BCUT2D eigenvalue weighted by molar-refractivity contribution is 7.84. The van der Waals surface area contributed by atoms with Crippen LogP contribution in [0.3, 0.4) is 0 Å². The number of hydrogen-bond donors (Lipinski definition) is 1. The molecule has 1 aliphatic rings. The Morgan fingerprint density at radius 3 is 2.09 bits per heavy atom. The summed E-state index contributed by atoms with van der Waals surface area (Å²) >= 11 is 0. The van der Waals surface area contributed by atoms with E-state index in [4.69, 9.17) is 5.11 Å². The van der Waals surface area contributed by atoms with Crippen molar-refractivity contribution < 1.29 is 18.9 Å². The molecule has 0 bridgehead atoms. The Labute approximate surface area is 132 Å². The lowest BCUT2D eigenvalue weighted by Gasteiger charge is -2.13. The Morgan fingerprint density at radius 2 is 1.50 bits per heavy atom. The molecule has 120 valence electrons. The van der Waals surface area contributed by atoms with Gasteiger partial charge >= 0.3 is 0 Å². The molecule has 1 aromatic carbocycles. The first-order valence-electron chi connectivity index (χ1n) is 7.56. The van der Waals surface area contributed by atoms with E-state index >= 15 is 0 Å². The molecule has 0 saturated heterocycles. The van der Waals surface area contributed by atoms with Crippen molar-refractivity contribution in [2.75, 3.05) is 24.7 Å². The molecule has 6 heteroatoms. The van der Waals surface area contributed by atoms with Crippen LogP contribution in [0.15, 0.2) is 24.3 Å². The van der Waals surface area contributed by atoms with Crippen LogP contribution in [0.2, 0.25) is 0 Å². The Kier molecular flexibility index (Phi) is 6.27. The van der Waals surface area contributed by atoms with Crippen LogP contribution in [0.4, 0.5) is 0 Å². The average molecular weight is 323 g/mol. The topological polar surface area (TPSA) is 74.7 Å². The molecule has 1 aromatic rings. The quantitative estimate of drug-likeness (QED) is 0.553. The van der Waals surface area contributed by atoms with E-state index in [-0.39, 0.29) is 18.4 Å². The first kappa shape index (κ1) is 16.8. The van der Waals surface area contributed by atoms with Gasteiger partial charge in [0.1, 0.15) is 0 Å². The third-order valence-corrected chi connectivity index (χ3v) is 5.08. The van der Waals surface area contributed by atoms with Crippen molar-refractivity contribution in [2.45, 2.75) is 25.7 Å². The molecule has 1 aliphatic heterocycles. The number of unbranched alkanes of at least 4 members (excludes halogenated alkanes) is 3. The first-order valence-corrected chi connectivity index (χ1v) is 9.05. The monoisotopic (exact) mass is 323 g/mol. The van der Waals surface area contributed by atoms with Crippen molar-refractivity contribution >= 4 is 22.6 Å². The minimum absolute atomic E-state index is 0.0354. The molecule has 0 aromatic heterocycles. The van der Waals surface area contributed by atoms with Gasteiger partial charge < -0.3 is 5.11 Å². The van der Waals surface area contributed by atoms with E-state index in [2.05, 4.69) is 0 Å². The lowest BCUT2D eigenvalue weighted by atomic mass is 10.1. The predicted octanol–water partition coefficient (Wildman–Crippen LogP) is 1.58. The average Bonchev–Trinajstić information content (AvgIpc) is 2.76. The molecule has 0 spiro atoms. The van der Waals surface area contributed by atoms with Gasteiger partial charge in [-0.15, -0.1) is 0 Å². The number of rotatable bonds is 9. The van der Waals surface area contributed by atoms with Crippen molar-refractivity contribution in [2.24, 2.45) is 0 Å². The lowest BCUT2D eigenvalue weighted by molar-refractivity contribution is 0.0651. The van der Waals surface area contributed by atoms with E-state index in [1.165, 1.54) is 4.90 Å². The van der Waals surface area contributed by atoms with Crippen LogP contribution in [0.1, 0.15) is 46.4 Å². The maximum absolute atomic E-state index is 12.1. The second kappa shape index (κ2) is 8.19. The van der Waals surface area contributed by atoms with Gasteiger partial charge in [0.05, 0.1) is 17.7 Å². The van der Waals surface area contributed by atoms with Crippen molar-refractivity contribution in [3.8, 4) is 0 Å². The third kappa shape index (κ3) is 4.01. The zero-order valence-corrected chi connectivity index (χ0v) is 13.3. The summed E-state index contributed by atoms with van der Waals surface area (Å²) in [5.74, 6) is 0.539. The van der Waals surface area contributed by atoms with Crippen LogP contribution < -0.4 is 0 Å². The third-order valence-electron chi connectivity index (χ3n) is 3.70. The number of carbonyl (C=O) groups is 2. The maximum Gasteiger partial charge on any atom is 0.261 e. The van der Waals surface area contributed by atoms with Crippen molar-refractivity contribution in [3.63, 3.8) is 0 Å². The summed E-state index contributed by atoms with van der Waals surface area (Å²) < 4.78 is 11.4. The molecular weight excluding hydrogens is 302 g/mol. The summed E-state index contributed by atoms with van der Waals surface area (Å²) in [6, 6.07) is 6.90. The molecule has 0 saturated carbocycles. The molecule has 2 amide bonds. The summed E-state index contributed by atoms with van der Waals surface area (Å²) in [6.45, 7) is 0.401. The fourth-order valence-electron chi connectivity index (χ4n) is 2.53. The highest BCUT2D eigenvalue weighted by Crippen LogP contribution is 2.22. The number of benzene rings is 1. The van der Waals surface area contributed by atoms with Crippen LogP contribution in [-0.2, 0) is 10.8 Å². The van der Waals surface area contributed by atoms with Gasteiger partial charge in [-0.2, -0.15) is 0 Å². The number of nitrogens with zero attached hydrogens (tertiary/aromatic N) is 1. The summed E-state index contributed by atoms with van der Waals surface area (Å²) in [4.78, 5) is 25.6. The number of carbonyl (C=O) groups excluding carboxylic acids is 2. The smallest absolute Gasteiger partial charge is 0.261 e. The SMILES string of the molecule is O=C1c2ccccc2C(=O)N1CCCCCCS(=O)CCO. The molecule has 0 aliphatic carbocycles. The molecule has 2 rings (SSSR count). The van der Waals surface area contributed by atoms with Crippen molar-refractivity contribution in [1.82, 2.24) is 4.90 Å². The van der Waals surface area contributed by atoms with Gasteiger partial charge in [0.25, 0.3) is 11.8 Å². The minimum Gasteiger partial charge on any atom is -0.395 e. The van der Waals surface area contributed by atoms with E-state index in [0.717, 1.165) is 25.7 Å². The van der Waals surface area contributed by atoms with Gasteiger partial charge in [0, 0.05) is 28.9 Å². The molecule has 0 fully saturated rings. The first-order chi connectivity index (χ1) is 10.6. The highest BCUT2D eigenvalue weighted by atomic mass is 32.2. The van der Waals surface area contributed by atoms with Crippen molar-refractivity contribution in [1.29, 1.82) is 0 Å². The van der Waals surface area contributed by atoms with Gasteiger partial charge in [-0.3, -0.25) is 18.7 Å². The lowest BCUT2D eigenvalue weighted by Crippen LogP contribution is -2.30. The number of aliphatic hydroxyl groups is 1. The standard InChI is InChI=1S/C16H21NO4S/c18-10-12-22(21)11-6-2-1-5-9-17-15(19)13-7-3-4-8-14(13)16(17)20/h3-4,7-8,18H,1-2,5-6,9-12H2. The molecule has 1 unspecified atom stereocenters. The Balaban J connectivity index is 1.70. The van der Waals surface area contributed by atoms with Crippen LogP contribution in [0.25, 0.3) is 0 Å². The summed E-state index contributed by atoms with van der Waals surface area (Å²) in [7, 11) is -0.935. The van der Waals surface area contributed by atoms with Crippen molar-refractivity contribution in [3.05, 3.63) is 35.4 Å². The number of amides is 2. The normalized spacial score (nSPS) is 15.2. The zero-order chi connectivity index (χ0) is 15.9. The molecule has 5 nitrogen and oxygen atoms in total. The maximum atomic E-state index is 12.1. The fraction of sp³-hybridized carbons (Fsp3) is 0.500. The van der Waals surface area contributed by atoms with Crippen LogP contribution in [0, 0.1) is 0 Å². The second-order valence-electron chi connectivity index (χ2n) is 5.29. The molecule has 22 heavy (non-hydrogen) atoms. The number of aliphatic hydroxyl groups excluding tert-OH is 1. The molecule has 1 N–H and O–H groups in total. The molecule has 0 radical (unpaired) electrons.